The lowest BCUT2D eigenvalue weighted by Crippen LogP contribution is -2.29. The molecule has 1 saturated heterocycles. The van der Waals surface area contributed by atoms with Crippen LogP contribution >= 0.6 is 18.2 Å². The summed E-state index contributed by atoms with van der Waals surface area (Å²) < 4.78 is 22.5. The number of rotatable bonds is 7. The number of hydrogen-bond acceptors (Lipinski definition) is 5. The van der Waals surface area contributed by atoms with Gasteiger partial charge >= 0.3 is 6.80 Å². The van der Waals surface area contributed by atoms with Crippen LogP contribution in [-0.2, 0) is 13.6 Å². The summed E-state index contributed by atoms with van der Waals surface area (Å²) in [6.07, 6.45) is 3.90. The van der Waals surface area contributed by atoms with E-state index >= 15 is 0 Å². The van der Waals surface area contributed by atoms with Crippen LogP contribution in [0.5, 0.6) is 0 Å². The topological polar surface area (TPSA) is 38.8 Å². The van der Waals surface area contributed by atoms with E-state index in [0.29, 0.717) is 19.0 Å². The van der Waals surface area contributed by atoms with E-state index in [1.807, 2.05) is 13.8 Å². The standard InChI is InChI=1S/C13H24NO3PS/c1-3-16-18(15,17-4-2)19-13-9-8-12-14-10-6-5-7-11-14/h3-7,10-13H2,1-2H3. The summed E-state index contributed by atoms with van der Waals surface area (Å²) in [5.41, 5.74) is 0. The van der Waals surface area contributed by atoms with E-state index in [2.05, 4.69) is 16.7 Å². The first kappa shape index (κ1) is 17.1. The van der Waals surface area contributed by atoms with Gasteiger partial charge in [-0.1, -0.05) is 18.3 Å². The van der Waals surface area contributed by atoms with Gasteiger partial charge in [0.2, 0.25) is 0 Å². The molecule has 1 fully saturated rings. The summed E-state index contributed by atoms with van der Waals surface area (Å²) in [5, 5.41) is 0. The Balaban J connectivity index is 2.25. The minimum absolute atomic E-state index is 0.394. The molecule has 0 atom stereocenters. The van der Waals surface area contributed by atoms with E-state index in [1.165, 1.54) is 30.6 Å². The maximum absolute atomic E-state index is 12.1. The molecule has 0 spiro atoms. The first-order chi connectivity index (χ1) is 9.20. The summed E-state index contributed by atoms with van der Waals surface area (Å²) in [6.45, 7) is 4.54. The minimum atomic E-state index is -2.99. The van der Waals surface area contributed by atoms with Gasteiger partial charge < -0.3 is 9.05 Å². The van der Waals surface area contributed by atoms with Gasteiger partial charge in [-0.3, -0.25) is 4.90 Å². The smallest absolute Gasteiger partial charge is 0.301 e. The molecule has 0 radical (unpaired) electrons. The second kappa shape index (κ2) is 9.85. The molecule has 0 saturated carbocycles. The van der Waals surface area contributed by atoms with Gasteiger partial charge in [0.1, 0.15) is 0 Å². The Morgan fingerprint density at radius 1 is 1.11 bits per heavy atom. The fourth-order valence-electron chi connectivity index (χ4n) is 1.88. The highest BCUT2D eigenvalue weighted by Gasteiger charge is 2.23. The number of hydrogen-bond donors (Lipinski definition) is 0. The Hall–Kier alpha value is 0.0200. The van der Waals surface area contributed by atoms with Crippen LogP contribution in [0.2, 0.25) is 0 Å². The van der Waals surface area contributed by atoms with Crippen molar-refractivity contribution in [2.24, 2.45) is 0 Å². The molecular weight excluding hydrogens is 281 g/mol. The predicted octanol–water partition coefficient (Wildman–Crippen LogP) is 3.39. The van der Waals surface area contributed by atoms with Gasteiger partial charge in [0.15, 0.2) is 0 Å². The lowest BCUT2D eigenvalue weighted by Gasteiger charge is -2.23. The third-order valence-corrected chi connectivity index (χ3v) is 6.45. The quantitative estimate of drug-likeness (QED) is 0.532. The zero-order valence-corrected chi connectivity index (χ0v) is 13.6. The first-order valence-corrected chi connectivity index (χ1v) is 10.0. The SMILES string of the molecule is CCOP(=O)(OCC)SCC#CCN1CCCCC1. The molecule has 0 aromatic rings. The van der Waals surface area contributed by atoms with E-state index in [4.69, 9.17) is 9.05 Å². The van der Waals surface area contributed by atoms with Gasteiger partial charge in [0.25, 0.3) is 0 Å². The van der Waals surface area contributed by atoms with Gasteiger partial charge in [-0.15, -0.1) is 0 Å². The zero-order valence-electron chi connectivity index (χ0n) is 11.9. The van der Waals surface area contributed by atoms with Crippen molar-refractivity contribution in [2.75, 3.05) is 38.6 Å². The molecule has 0 bridgehead atoms. The fourth-order valence-corrected chi connectivity index (χ4v) is 4.80. The van der Waals surface area contributed by atoms with Crippen LogP contribution in [0.15, 0.2) is 0 Å². The van der Waals surface area contributed by atoms with Crippen molar-refractivity contribution in [3.63, 3.8) is 0 Å². The first-order valence-electron chi connectivity index (χ1n) is 6.92. The van der Waals surface area contributed by atoms with E-state index in [-0.39, 0.29) is 0 Å². The van der Waals surface area contributed by atoms with Crippen molar-refractivity contribution in [1.82, 2.24) is 4.90 Å². The maximum atomic E-state index is 12.1. The molecule has 0 amide bonds. The lowest BCUT2D eigenvalue weighted by molar-refractivity contribution is 0.237. The molecule has 0 aromatic heterocycles. The molecule has 0 unspecified atom stereocenters. The number of likely N-dealkylation sites (tertiary alicyclic amines) is 1. The van der Waals surface area contributed by atoms with Crippen molar-refractivity contribution in [1.29, 1.82) is 0 Å². The maximum Gasteiger partial charge on any atom is 0.390 e. The summed E-state index contributed by atoms with van der Waals surface area (Å²) in [7, 11) is 0. The molecule has 0 aromatic carbocycles. The van der Waals surface area contributed by atoms with Gasteiger partial charge in [0.05, 0.1) is 25.5 Å². The van der Waals surface area contributed by atoms with E-state index < -0.39 is 6.80 Å². The molecule has 0 aliphatic carbocycles. The van der Waals surface area contributed by atoms with Crippen LogP contribution in [0.25, 0.3) is 0 Å². The number of piperidine rings is 1. The lowest BCUT2D eigenvalue weighted by atomic mass is 10.1. The Bertz CT molecular complexity index is 338. The summed E-state index contributed by atoms with van der Waals surface area (Å²) >= 11 is 1.18. The average molecular weight is 305 g/mol. The van der Waals surface area contributed by atoms with Crippen LogP contribution in [0.1, 0.15) is 33.1 Å². The molecule has 0 N–H and O–H groups in total. The normalized spacial score (nSPS) is 16.9. The van der Waals surface area contributed by atoms with Crippen molar-refractivity contribution >= 4 is 18.2 Å². The highest BCUT2D eigenvalue weighted by Crippen LogP contribution is 2.60. The van der Waals surface area contributed by atoms with Crippen molar-refractivity contribution in [3.05, 3.63) is 0 Å². The molecule has 110 valence electrons. The molecule has 19 heavy (non-hydrogen) atoms. The second-order valence-electron chi connectivity index (χ2n) is 4.25. The van der Waals surface area contributed by atoms with Gasteiger partial charge in [0, 0.05) is 0 Å². The van der Waals surface area contributed by atoms with E-state index in [9.17, 15) is 4.57 Å². The van der Waals surface area contributed by atoms with E-state index in [0.717, 1.165) is 19.6 Å². The minimum Gasteiger partial charge on any atom is -0.301 e. The molecular formula is C13H24NO3PS. The van der Waals surface area contributed by atoms with Crippen LogP contribution in [0, 0.1) is 11.8 Å². The summed E-state index contributed by atoms with van der Waals surface area (Å²) in [6, 6.07) is 0. The Morgan fingerprint density at radius 3 is 2.32 bits per heavy atom. The summed E-state index contributed by atoms with van der Waals surface area (Å²) in [5.74, 6) is 6.67. The Labute approximate surface area is 120 Å². The van der Waals surface area contributed by atoms with Crippen molar-refractivity contribution in [2.45, 2.75) is 33.1 Å². The average Bonchev–Trinajstić information content (AvgIpc) is 2.40. The van der Waals surface area contributed by atoms with Crippen LogP contribution in [0.3, 0.4) is 0 Å². The van der Waals surface area contributed by atoms with Gasteiger partial charge in [-0.25, -0.2) is 4.57 Å². The monoisotopic (exact) mass is 305 g/mol. The molecule has 1 heterocycles. The van der Waals surface area contributed by atoms with Gasteiger partial charge in [-0.2, -0.15) is 0 Å². The predicted molar refractivity (Wildman–Crippen MR) is 81.4 cm³/mol. The fraction of sp³-hybridized carbons (Fsp3) is 0.846. The molecule has 4 nitrogen and oxygen atoms in total. The highest BCUT2D eigenvalue weighted by atomic mass is 32.7. The van der Waals surface area contributed by atoms with Crippen LogP contribution in [0.4, 0.5) is 0 Å². The molecule has 6 heteroatoms. The van der Waals surface area contributed by atoms with Crippen molar-refractivity contribution in [3.8, 4) is 11.8 Å². The van der Waals surface area contributed by atoms with Crippen molar-refractivity contribution < 1.29 is 13.6 Å². The Kier molecular flexibility index (Phi) is 8.85. The highest BCUT2D eigenvalue weighted by molar-refractivity contribution is 8.55. The molecule has 1 aliphatic heterocycles. The molecule has 1 rings (SSSR count). The third kappa shape index (κ3) is 7.39. The van der Waals surface area contributed by atoms with E-state index in [1.54, 1.807) is 0 Å². The second-order valence-corrected chi connectivity index (χ2v) is 8.32. The molecule has 1 aliphatic rings. The van der Waals surface area contributed by atoms with Crippen LogP contribution in [-0.4, -0.2) is 43.5 Å². The summed E-state index contributed by atoms with van der Waals surface area (Å²) in [4.78, 5) is 2.37. The van der Waals surface area contributed by atoms with Gasteiger partial charge in [-0.05, 0) is 51.2 Å². The Morgan fingerprint density at radius 2 is 1.74 bits per heavy atom. The zero-order chi connectivity index (χ0) is 14.0. The third-order valence-electron chi connectivity index (χ3n) is 2.75. The number of nitrogens with zero attached hydrogens (tertiary/aromatic N) is 1. The van der Waals surface area contributed by atoms with Crippen LogP contribution < -0.4 is 0 Å². The largest absolute Gasteiger partial charge is 0.390 e.